The number of benzene rings is 3. The summed E-state index contributed by atoms with van der Waals surface area (Å²) in [6, 6.07) is 17.9. The second-order valence-electron chi connectivity index (χ2n) is 5.64. The minimum atomic E-state index is 0.658. The minimum Gasteiger partial charge on any atom is -0.0808 e. The zero-order valence-corrected chi connectivity index (χ0v) is 11.1. The fraction of sp³-hybridized carbons (Fsp3) is 0.158. The summed E-state index contributed by atoms with van der Waals surface area (Å²) >= 11 is 0. The van der Waals surface area contributed by atoms with Gasteiger partial charge < -0.3 is 0 Å². The maximum atomic E-state index is 2.37. The number of rotatable bonds is 0. The van der Waals surface area contributed by atoms with Crippen LogP contribution in [0.15, 0.2) is 54.6 Å². The van der Waals surface area contributed by atoms with Crippen LogP contribution in [0.2, 0.25) is 0 Å². The number of allylic oxidation sites excluding steroid dienone is 1. The molecule has 0 N–H and O–H groups in total. The molecule has 0 radical (unpaired) electrons. The molecule has 1 atom stereocenters. The van der Waals surface area contributed by atoms with E-state index in [4.69, 9.17) is 0 Å². The van der Waals surface area contributed by atoms with Crippen LogP contribution in [0.1, 0.15) is 18.1 Å². The molecule has 3 aromatic carbocycles. The van der Waals surface area contributed by atoms with Gasteiger partial charge in [0.1, 0.15) is 0 Å². The van der Waals surface area contributed by atoms with Crippen molar-refractivity contribution in [1.82, 2.24) is 0 Å². The highest BCUT2D eigenvalue weighted by Gasteiger charge is 2.11. The van der Waals surface area contributed by atoms with Crippen LogP contribution in [0.3, 0.4) is 0 Å². The molecule has 1 aliphatic carbocycles. The Bertz CT molecular complexity index is 809. The number of hydrogen-bond donors (Lipinski definition) is 0. The van der Waals surface area contributed by atoms with Crippen LogP contribution < -0.4 is 0 Å². The summed E-state index contributed by atoms with van der Waals surface area (Å²) in [7, 11) is 0. The lowest BCUT2D eigenvalue weighted by Crippen LogP contribution is -2.02. The van der Waals surface area contributed by atoms with E-state index in [1.807, 2.05) is 0 Å². The van der Waals surface area contributed by atoms with Gasteiger partial charge in [0.05, 0.1) is 0 Å². The summed E-state index contributed by atoms with van der Waals surface area (Å²) < 4.78 is 0. The molecule has 0 nitrogen and oxygen atoms in total. The summed E-state index contributed by atoms with van der Waals surface area (Å²) in [5.74, 6) is 0.658. The Hall–Kier alpha value is -2.08. The third kappa shape index (κ3) is 1.76. The highest BCUT2D eigenvalue weighted by molar-refractivity contribution is 5.99. The summed E-state index contributed by atoms with van der Waals surface area (Å²) in [6.07, 6.45) is 5.75. The van der Waals surface area contributed by atoms with Gasteiger partial charge in [-0.25, -0.2) is 0 Å². The van der Waals surface area contributed by atoms with E-state index in [2.05, 4.69) is 67.6 Å². The number of hydrogen-bond acceptors (Lipinski definition) is 0. The Balaban J connectivity index is 2.04. The lowest BCUT2D eigenvalue weighted by Gasteiger charge is -2.17. The topological polar surface area (TPSA) is 0 Å². The zero-order chi connectivity index (χ0) is 12.8. The third-order valence-electron chi connectivity index (χ3n) is 4.11. The average Bonchev–Trinajstić information content (AvgIpc) is 2.43. The molecular formula is C19H16. The SMILES string of the molecule is CC1C=Cc2cc3cc4ccccc4cc3cc2C1. The van der Waals surface area contributed by atoms with Gasteiger partial charge in [-0.15, -0.1) is 0 Å². The molecule has 0 saturated carbocycles. The first-order chi connectivity index (χ1) is 9.29. The van der Waals surface area contributed by atoms with E-state index < -0.39 is 0 Å². The Labute approximate surface area is 113 Å². The third-order valence-corrected chi connectivity index (χ3v) is 4.11. The molecule has 3 aromatic rings. The van der Waals surface area contributed by atoms with Crippen LogP contribution in [-0.4, -0.2) is 0 Å². The fourth-order valence-electron chi connectivity index (χ4n) is 3.07. The van der Waals surface area contributed by atoms with Gasteiger partial charge in [0.25, 0.3) is 0 Å². The van der Waals surface area contributed by atoms with Gasteiger partial charge in [-0.05, 0) is 63.2 Å². The Morgan fingerprint density at radius 3 is 2.26 bits per heavy atom. The fourth-order valence-corrected chi connectivity index (χ4v) is 3.07. The van der Waals surface area contributed by atoms with E-state index in [0.29, 0.717) is 5.92 Å². The van der Waals surface area contributed by atoms with E-state index in [9.17, 15) is 0 Å². The second-order valence-corrected chi connectivity index (χ2v) is 5.64. The summed E-state index contributed by atoms with van der Waals surface area (Å²) in [6.45, 7) is 2.28. The molecule has 0 bridgehead atoms. The van der Waals surface area contributed by atoms with Crippen LogP contribution in [0.25, 0.3) is 27.6 Å². The van der Waals surface area contributed by atoms with E-state index in [1.165, 1.54) is 32.7 Å². The first kappa shape index (κ1) is 10.8. The Morgan fingerprint density at radius 2 is 1.53 bits per heavy atom. The largest absolute Gasteiger partial charge is 0.0808 e. The van der Waals surface area contributed by atoms with E-state index in [1.54, 1.807) is 0 Å². The molecule has 92 valence electrons. The van der Waals surface area contributed by atoms with Crippen molar-refractivity contribution in [3.8, 4) is 0 Å². The smallest absolute Gasteiger partial charge is 0.0171 e. The van der Waals surface area contributed by atoms with Gasteiger partial charge in [0.15, 0.2) is 0 Å². The van der Waals surface area contributed by atoms with Crippen LogP contribution in [0.5, 0.6) is 0 Å². The lowest BCUT2D eigenvalue weighted by atomic mass is 9.88. The van der Waals surface area contributed by atoms with E-state index in [-0.39, 0.29) is 0 Å². The molecule has 0 aliphatic heterocycles. The molecule has 0 aromatic heterocycles. The van der Waals surface area contributed by atoms with Crippen LogP contribution >= 0.6 is 0 Å². The molecule has 0 spiro atoms. The van der Waals surface area contributed by atoms with Crippen LogP contribution in [-0.2, 0) is 6.42 Å². The van der Waals surface area contributed by atoms with Crippen molar-refractivity contribution < 1.29 is 0 Å². The normalized spacial score (nSPS) is 17.8. The van der Waals surface area contributed by atoms with Crippen LogP contribution in [0.4, 0.5) is 0 Å². The molecule has 0 fully saturated rings. The van der Waals surface area contributed by atoms with Crippen molar-refractivity contribution in [1.29, 1.82) is 0 Å². The van der Waals surface area contributed by atoms with Gasteiger partial charge in [-0.2, -0.15) is 0 Å². The molecule has 0 saturated heterocycles. The first-order valence-corrected chi connectivity index (χ1v) is 6.93. The van der Waals surface area contributed by atoms with Crippen molar-refractivity contribution in [2.45, 2.75) is 13.3 Å². The van der Waals surface area contributed by atoms with Gasteiger partial charge in [-0.1, -0.05) is 49.4 Å². The quantitative estimate of drug-likeness (QED) is 0.477. The minimum absolute atomic E-state index is 0.658. The summed E-state index contributed by atoms with van der Waals surface area (Å²) in [4.78, 5) is 0. The van der Waals surface area contributed by atoms with Crippen molar-refractivity contribution >= 4 is 27.6 Å². The van der Waals surface area contributed by atoms with Crippen molar-refractivity contribution in [3.63, 3.8) is 0 Å². The van der Waals surface area contributed by atoms with Gasteiger partial charge in [-0.3, -0.25) is 0 Å². The summed E-state index contributed by atoms with van der Waals surface area (Å²) in [5.41, 5.74) is 2.87. The zero-order valence-electron chi connectivity index (χ0n) is 11.1. The first-order valence-electron chi connectivity index (χ1n) is 6.93. The van der Waals surface area contributed by atoms with E-state index in [0.717, 1.165) is 6.42 Å². The predicted octanol–water partition coefficient (Wildman–Crippen LogP) is 5.20. The molecule has 0 amide bonds. The molecule has 19 heavy (non-hydrogen) atoms. The monoisotopic (exact) mass is 244 g/mol. The van der Waals surface area contributed by atoms with Crippen molar-refractivity contribution in [2.24, 2.45) is 5.92 Å². The van der Waals surface area contributed by atoms with Gasteiger partial charge >= 0.3 is 0 Å². The van der Waals surface area contributed by atoms with E-state index >= 15 is 0 Å². The van der Waals surface area contributed by atoms with Gasteiger partial charge in [0, 0.05) is 0 Å². The highest BCUT2D eigenvalue weighted by atomic mass is 14.2. The van der Waals surface area contributed by atoms with Crippen molar-refractivity contribution in [2.75, 3.05) is 0 Å². The average molecular weight is 244 g/mol. The van der Waals surface area contributed by atoms with Gasteiger partial charge in [0.2, 0.25) is 0 Å². The maximum absolute atomic E-state index is 2.37. The molecule has 4 rings (SSSR count). The number of fused-ring (bicyclic) bond motifs is 3. The maximum Gasteiger partial charge on any atom is -0.0171 e. The standard InChI is InChI=1S/C19H16/c1-13-6-7-16-11-18-9-14-4-2-3-5-15(14)10-19(18)12-17(16)8-13/h2-7,9-13H,8H2,1H3. The molecular weight excluding hydrogens is 228 g/mol. The molecule has 0 heterocycles. The second kappa shape index (κ2) is 3.96. The molecule has 1 unspecified atom stereocenters. The Kier molecular flexibility index (Phi) is 2.25. The lowest BCUT2D eigenvalue weighted by molar-refractivity contribution is 0.718. The summed E-state index contributed by atoms with van der Waals surface area (Å²) in [5, 5.41) is 5.36. The molecule has 1 aliphatic rings. The molecule has 0 heteroatoms. The Morgan fingerprint density at radius 1 is 0.842 bits per heavy atom. The predicted molar refractivity (Wildman–Crippen MR) is 83.4 cm³/mol. The highest BCUT2D eigenvalue weighted by Crippen LogP contribution is 2.30. The van der Waals surface area contributed by atoms with Crippen LogP contribution in [0, 0.1) is 5.92 Å². The van der Waals surface area contributed by atoms with Crippen molar-refractivity contribution in [3.05, 3.63) is 65.7 Å².